The fraction of sp³-hybridized carbons (Fsp3) is 0.417. The second-order valence-corrected chi connectivity index (χ2v) is 4.52. The molecule has 1 aromatic rings. The first-order chi connectivity index (χ1) is 7.21. The van der Waals surface area contributed by atoms with Gasteiger partial charge in [-0.15, -0.1) is 0 Å². The zero-order valence-electron chi connectivity index (χ0n) is 9.56. The van der Waals surface area contributed by atoms with Gasteiger partial charge < -0.3 is 15.3 Å². The molecule has 0 amide bonds. The van der Waals surface area contributed by atoms with Gasteiger partial charge in [0.05, 0.1) is 5.41 Å². The molecule has 1 rings (SSSR count). The second kappa shape index (κ2) is 3.79. The molecule has 0 radical (unpaired) electrons. The van der Waals surface area contributed by atoms with Crippen LogP contribution >= 0.6 is 0 Å². The molecule has 0 aliphatic heterocycles. The van der Waals surface area contributed by atoms with E-state index in [1.807, 2.05) is 0 Å². The van der Waals surface area contributed by atoms with Crippen LogP contribution in [0.15, 0.2) is 24.3 Å². The van der Waals surface area contributed by atoms with E-state index < -0.39 is 17.0 Å². The highest BCUT2D eigenvalue weighted by atomic mass is 16.4. The standard InChI is InChI=1S/C12H16O4/c1-11(2,10(14)15)12(3,16)8-6-4-5-7-9(8)13/h4-7,13,16H,1-3H3,(H,14,15). The Morgan fingerprint density at radius 1 is 1.19 bits per heavy atom. The van der Waals surface area contributed by atoms with Crippen LogP contribution < -0.4 is 0 Å². The van der Waals surface area contributed by atoms with Crippen LogP contribution in [0.2, 0.25) is 0 Å². The molecule has 4 heteroatoms. The molecule has 0 saturated carbocycles. The van der Waals surface area contributed by atoms with Crippen LogP contribution in [0.5, 0.6) is 5.75 Å². The monoisotopic (exact) mass is 224 g/mol. The molecule has 0 aliphatic rings. The Hall–Kier alpha value is -1.55. The van der Waals surface area contributed by atoms with Crippen LogP contribution in [0.25, 0.3) is 0 Å². The topological polar surface area (TPSA) is 77.8 Å². The number of aromatic hydroxyl groups is 1. The van der Waals surface area contributed by atoms with E-state index in [1.54, 1.807) is 12.1 Å². The van der Waals surface area contributed by atoms with Gasteiger partial charge in [0.25, 0.3) is 0 Å². The third kappa shape index (κ3) is 1.76. The van der Waals surface area contributed by atoms with E-state index in [0.717, 1.165) is 0 Å². The van der Waals surface area contributed by atoms with Gasteiger partial charge >= 0.3 is 5.97 Å². The minimum atomic E-state index is -1.65. The number of para-hydroxylation sites is 1. The third-order valence-corrected chi connectivity index (χ3v) is 3.18. The molecule has 0 fully saturated rings. The number of rotatable bonds is 3. The summed E-state index contributed by atoms with van der Waals surface area (Å²) in [6, 6.07) is 6.19. The molecule has 0 heterocycles. The maximum Gasteiger partial charge on any atom is 0.312 e. The summed E-state index contributed by atoms with van der Waals surface area (Å²) in [6.07, 6.45) is 0. The molecule has 0 aliphatic carbocycles. The maximum absolute atomic E-state index is 11.1. The number of carboxylic acids is 1. The average molecular weight is 224 g/mol. The number of carboxylic acid groups (broad SMARTS) is 1. The highest BCUT2D eigenvalue weighted by Gasteiger charge is 2.47. The van der Waals surface area contributed by atoms with Crippen LogP contribution in [0.3, 0.4) is 0 Å². The van der Waals surface area contributed by atoms with Crippen LogP contribution in [0.4, 0.5) is 0 Å². The van der Waals surface area contributed by atoms with Crippen LogP contribution in [-0.2, 0) is 10.4 Å². The fourth-order valence-electron chi connectivity index (χ4n) is 1.43. The first kappa shape index (κ1) is 12.5. The van der Waals surface area contributed by atoms with Crippen molar-refractivity contribution in [2.75, 3.05) is 0 Å². The molecular formula is C12H16O4. The van der Waals surface area contributed by atoms with Crippen molar-refractivity contribution in [1.29, 1.82) is 0 Å². The lowest BCUT2D eigenvalue weighted by molar-refractivity contribution is -0.164. The predicted octanol–water partition coefficient (Wildman–Crippen LogP) is 1.71. The molecule has 0 bridgehead atoms. The number of aliphatic hydroxyl groups is 1. The Kier molecular flexibility index (Phi) is 2.97. The molecule has 1 unspecified atom stereocenters. The van der Waals surface area contributed by atoms with Crippen molar-refractivity contribution in [1.82, 2.24) is 0 Å². The quantitative estimate of drug-likeness (QED) is 0.730. The van der Waals surface area contributed by atoms with E-state index in [1.165, 1.54) is 32.9 Å². The van der Waals surface area contributed by atoms with Gasteiger partial charge in [-0.25, -0.2) is 0 Å². The van der Waals surface area contributed by atoms with Gasteiger partial charge in [0.2, 0.25) is 0 Å². The number of benzene rings is 1. The highest BCUT2D eigenvalue weighted by Crippen LogP contribution is 2.42. The van der Waals surface area contributed by atoms with Gasteiger partial charge in [-0.1, -0.05) is 18.2 Å². The number of phenols is 1. The normalized spacial score (nSPS) is 15.5. The molecular weight excluding hydrogens is 208 g/mol. The van der Waals surface area contributed by atoms with E-state index >= 15 is 0 Å². The Bertz CT molecular complexity index is 407. The van der Waals surface area contributed by atoms with Crippen LogP contribution in [0.1, 0.15) is 26.3 Å². The van der Waals surface area contributed by atoms with E-state index in [9.17, 15) is 15.0 Å². The summed E-state index contributed by atoms with van der Waals surface area (Å²) in [5.74, 6) is -1.23. The number of phenolic OH excluding ortho intramolecular Hbond substituents is 1. The molecule has 4 nitrogen and oxygen atoms in total. The first-order valence-electron chi connectivity index (χ1n) is 4.95. The van der Waals surface area contributed by atoms with Gasteiger partial charge in [-0.2, -0.15) is 0 Å². The summed E-state index contributed by atoms with van der Waals surface area (Å²) < 4.78 is 0. The third-order valence-electron chi connectivity index (χ3n) is 3.18. The summed E-state index contributed by atoms with van der Waals surface area (Å²) >= 11 is 0. The Morgan fingerprint density at radius 3 is 2.12 bits per heavy atom. The minimum Gasteiger partial charge on any atom is -0.508 e. The van der Waals surface area contributed by atoms with E-state index in [2.05, 4.69) is 0 Å². The lowest BCUT2D eigenvalue weighted by atomic mass is 9.72. The van der Waals surface area contributed by atoms with Gasteiger partial charge in [0.15, 0.2) is 0 Å². The average Bonchev–Trinajstić information content (AvgIpc) is 2.17. The maximum atomic E-state index is 11.1. The molecule has 0 spiro atoms. The molecule has 16 heavy (non-hydrogen) atoms. The largest absolute Gasteiger partial charge is 0.508 e. The van der Waals surface area contributed by atoms with Gasteiger partial charge in [-0.3, -0.25) is 4.79 Å². The Labute approximate surface area is 94.2 Å². The van der Waals surface area contributed by atoms with Crippen LogP contribution in [-0.4, -0.2) is 21.3 Å². The van der Waals surface area contributed by atoms with Crippen molar-refractivity contribution in [2.24, 2.45) is 5.41 Å². The first-order valence-corrected chi connectivity index (χ1v) is 4.95. The summed E-state index contributed by atoms with van der Waals surface area (Å²) in [5, 5.41) is 29.0. The minimum absolute atomic E-state index is 0.109. The van der Waals surface area contributed by atoms with Gasteiger partial charge in [-0.05, 0) is 26.8 Å². The predicted molar refractivity (Wildman–Crippen MR) is 59.1 cm³/mol. The number of carbonyl (C=O) groups is 1. The van der Waals surface area contributed by atoms with Crippen LogP contribution in [0, 0.1) is 5.41 Å². The summed E-state index contributed by atoms with van der Waals surface area (Å²) in [4.78, 5) is 11.1. The Balaban J connectivity index is 3.32. The smallest absolute Gasteiger partial charge is 0.312 e. The highest BCUT2D eigenvalue weighted by molar-refractivity contribution is 5.76. The molecule has 0 aromatic heterocycles. The summed E-state index contributed by atoms with van der Waals surface area (Å²) in [7, 11) is 0. The van der Waals surface area contributed by atoms with Crippen molar-refractivity contribution in [3.8, 4) is 5.75 Å². The lowest BCUT2D eigenvalue weighted by Gasteiger charge is -2.37. The number of aliphatic carboxylic acids is 1. The Morgan fingerprint density at radius 2 is 1.69 bits per heavy atom. The van der Waals surface area contributed by atoms with E-state index in [4.69, 9.17) is 5.11 Å². The number of hydrogen-bond donors (Lipinski definition) is 3. The van der Waals surface area contributed by atoms with E-state index in [-0.39, 0.29) is 11.3 Å². The lowest BCUT2D eigenvalue weighted by Crippen LogP contribution is -2.45. The second-order valence-electron chi connectivity index (χ2n) is 4.52. The molecule has 1 atom stereocenters. The molecule has 88 valence electrons. The van der Waals surface area contributed by atoms with E-state index in [0.29, 0.717) is 0 Å². The van der Waals surface area contributed by atoms with Crippen molar-refractivity contribution >= 4 is 5.97 Å². The number of hydrogen-bond acceptors (Lipinski definition) is 3. The molecule has 3 N–H and O–H groups in total. The summed E-state index contributed by atoms with van der Waals surface area (Å²) in [6.45, 7) is 4.22. The zero-order valence-corrected chi connectivity index (χ0v) is 9.56. The SMILES string of the molecule is CC(C)(C(=O)O)C(C)(O)c1ccccc1O. The van der Waals surface area contributed by atoms with Crippen molar-refractivity contribution < 1.29 is 20.1 Å². The van der Waals surface area contributed by atoms with Crippen molar-refractivity contribution in [3.05, 3.63) is 29.8 Å². The molecule has 0 saturated heterocycles. The summed E-state index contributed by atoms with van der Waals surface area (Å²) in [5.41, 5.74) is -2.84. The van der Waals surface area contributed by atoms with Crippen molar-refractivity contribution in [3.63, 3.8) is 0 Å². The van der Waals surface area contributed by atoms with Crippen molar-refractivity contribution in [2.45, 2.75) is 26.4 Å². The van der Waals surface area contributed by atoms with Gasteiger partial charge in [0.1, 0.15) is 11.4 Å². The zero-order chi connectivity index (χ0) is 12.6. The van der Waals surface area contributed by atoms with Gasteiger partial charge in [0, 0.05) is 5.56 Å². The molecule has 1 aromatic carbocycles. The fourth-order valence-corrected chi connectivity index (χ4v) is 1.43.